The van der Waals surface area contributed by atoms with Gasteiger partial charge in [-0.3, -0.25) is 4.90 Å². The summed E-state index contributed by atoms with van der Waals surface area (Å²) in [5.74, 6) is 0.363. The van der Waals surface area contributed by atoms with Crippen molar-refractivity contribution < 1.29 is 4.74 Å². The van der Waals surface area contributed by atoms with Crippen LogP contribution in [0.1, 0.15) is 24.0 Å². The summed E-state index contributed by atoms with van der Waals surface area (Å²) in [7, 11) is 6.13. The van der Waals surface area contributed by atoms with E-state index in [2.05, 4.69) is 54.0 Å². The van der Waals surface area contributed by atoms with Gasteiger partial charge >= 0.3 is 0 Å². The molecule has 1 aromatic heterocycles. The third-order valence-corrected chi connectivity index (χ3v) is 5.91. The molecule has 4 nitrogen and oxygen atoms in total. The molecule has 0 N–H and O–H groups in total. The van der Waals surface area contributed by atoms with Gasteiger partial charge in [0.1, 0.15) is 5.60 Å². The summed E-state index contributed by atoms with van der Waals surface area (Å²) in [5.41, 5.74) is 3.69. The number of methoxy groups -OCH3 is 1. The molecule has 120 valence electrons. The zero-order chi connectivity index (χ0) is 16.2. The highest BCUT2D eigenvalue weighted by atomic mass is 16.5. The van der Waals surface area contributed by atoms with Gasteiger partial charge in [0, 0.05) is 50.3 Å². The largest absolute Gasteiger partial charge is 0.372 e. The topological polar surface area (TPSA) is 41.2 Å². The maximum atomic E-state index is 9.16. The lowest BCUT2D eigenvalue weighted by molar-refractivity contribution is -0.124. The fraction of sp³-hybridized carbons (Fsp3) is 0.526. The Labute approximate surface area is 137 Å². The summed E-state index contributed by atoms with van der Waals surface area (Å²) in [5, 5.41) is 10.5. The summed E-state index contributed by atoms with van der Waals surface area (Å²) in [6.45, 7) is 0.974. The van der Waals surface area contributed by atoms with Crippen molar-refractivity contribution in [3.8, 4) is 6.07 Å². The number of ether oxygens (including phenoxy) is 1. The van der Waals surface area contributed by atoms with Gasteiger partial charge < -0.3 is 9.30 Å². The van der Waals surface area contributed by atoms with Crippen LogP contribution in [0.5, 0.6) is 0 Å². The molecule has 1 aliphatic heterocycles. The SMILES string of the molecule is CO[C@]12C[C@@H](CC#N)CN(C)[C@@H]1Cc1cn(C)c3cccc2c13. The average molecular weight is 309 g/mol. The average Bonchev–Trinajstić information content (AvgIpc) is 2.87. The van der Waals surface area contributed by atoms with E-state index in [0.717, 1.165) is 19.4 Å². The Morgan fingerprint density at radius 3 is 2.96 bits per heavy atom. The first-order valence-corrected chi connectivity index (χ1v) is 8.30. The number of hydrogen-bond acceptors (Lipinski definition) is 3. The standard InChI is InChI=1S/C19H23N3O/c1-21-12-14-9-17-19(23-3,10-13(7-8-20)11-22(17)2)15-5-4-6-16(21)18(14)15/h4-6,12-13,17H,7,9-11H2,1-3H3/t13-,17-,19+/m1/s1. The van der Waals surface area contributed by atoms with Crippen molar-refractivity contribution >= 4 is 10.9 Å². The fourth-order valence-electron chi connectivity index (χ4n) is 4.98. The number of aryl methyl sites for hydroxylation is 1. The molecule has 4 heteroatoms. The quantitative estimate of drug-likeness (QED) is 0.856. The normalized spacial score (nSPS) is 30.2. The minimum absolute atomic E-state index is 0.303. The molecule has 2 aliphatic rings. The zero-order valence-electron chi connectivity index (χ0n) is 14.0. The van der Waals surface area contributed by atoms with E-state index in [-0.39, 0.29) is 5.60 Å². The molecule has 1 aliphatic carbocycles. The van der Waals surface area contributed by atoms with E-state index in [9.17, 15) is 0 Å². The third-order valence-electron chi connectivity index (χ3n) is 5.91. The predicted molar refractivity (Wildman–Crippen MR) is 90.1 cm³/mol. The Morgan fingerprint density at radius 2 is 2.22 bits per heavy atom. The van der Waals surface area contributed by atoms with Crippen LogP contribution in [-0.4, -0.2) is 36.2 Å². The minimum Gasteiger partial charge on any atom is -0.372 e. The molecule has 2 heterocycles. The highest BCUT2D eigenvalue weighted by Gasteiger charge is 2.51. The smallest absolute Gasteiger partial charge is 0.109 e. The Morgan fingerprint density at radius 1 is 1.39 bits per heavy atom. The number of benzene rings is 1. The van der Waals surface area contributed by atoms with Crippen LogP contribution in [0.4, 0.5) is 0 Å². The Bertz CT molecular complexity index is 803. The molecule has 0 radical (unpaired) electrons. The molecule has 1 fully saturated rings. The van der Waals surface area contributed by atoms with Crippen molar-refractivity contribution in [1.29, 1.82) is 5.26 Å². The molecular weight excluding hydrogens is 286 g/mol. The van der Waals surface area contributed by atoms with Gasteiger partial charge in [0.2, 0.25) is 0 Å². The van der Waals surface area contributed by atoms with E-state index in [1.807, 2.05) is 7.11 Å². The Balaban J connectivity index is 1.94. The van der Waals surface area contributed by atoms with Gasteiger partial charge in [-0.25, -0.2) is 0 Å². The number of aromatic nitrogens is 1. The third kappa shape index (κ3) is 1.90. The Kier molecular flexibility index (Phi) is 3.26. The fourth-order valence-corrected chi connectivity index (χ4v) is 4.98. The second-order valence-corrected chi connectivity index (χ2v) is 7.15. The van der Waals surface area contributed by atoms with Gasteiger partial charge in [0.15, 0.2) is 0 Å². The van der Waals surface area contributed by atoms with Gasteiger partial charge in [-0.15, -0.1) is 0 Å². The summed E-state index contributed by atoms with van der Waals surface area (Å²) in [6, 6.07) is 9.24. The van der Waals surface area contributed by atoms with Crippen LogP contribution in [0.3, 0.4) is 0 Å². The van der Waals surface area contributed by atoms with Crippen LogP contribution in [-0.2, 0) is 23.8 Å². The van der Waals surface area contributed by atoms with Crippen molar-refractivity contribution in [2.75, 3.05) is 20.7 Å². The molecule has 3 atom stereocenters. The second kappa shape index (κ2) is 5.09. The van der Waals surface area contributed by atoms with Crippen molar-refractivity contribution in [2.45, 2.75) is 30.9 Å². The lowest BCUT2D eigenvalue weighted by Gasteiger charge is -2.52. The molecule has 2 aromatic rings. The number of nitrogens with zero attached hydrogens (tertiary/aromatic N) is 3. The van der Waals surface area contributed by atoms with E-state index in [1.165, 1.54) is 22.0 Å². The molecule has 0 saturated carbocycles. The number of hydrogen-bond donors (Lipinski definition) is 0. The van der Waals surface area contributed by atoms with Crippen LogP contribution in [0.15, 0.2) is 24.4 Å². The van der Waals surface area contributed by atoms with Crippen molar-refractivity contribution in [3.63, 3.8) is 0 Å². The summed E-state index contributed by atoms with van der Waals surface area (Å²) in [4.78, 5) is 2.41. The van der Waals surface area contributed by atoms with Gasteiger partial charge in [0.25, 0.3) is 0 Å². The van der Waals surface area contributed by atoms with Gasteiger partial charge in [-0.05, 0) is 43.0 Å². The predicted octanol–water partition coefficient (Wildman–Crippen LogP) is 2.81. The van der Waals surface area contributed by atoms with Crippen LogP contribution < -0.4 is 0 Å². The van der Waals surface area contributed by atoms with Crippen LogP contribution >= 0.6 is 0 Å². The van der Waals surface area contributed by atoms with Crippen LogP contribution in [0.2, 0.25) is 0 Å². The van der Waals surface area contributed by atoms with E-state index >= 15 is 0 Å². The molecular formula is C19H23N3O. The molecule has 0 amide bonds. The molecule has 23 heavy (non-hydrogen) atoms. The van der Waals surface area contributed by atoms with E-state index in [0.29, 0.717) is 18.4 Å². The summed E-state index contributed by atoms with van der Waals surface area (Å²) >= 11 is 0. The molecule has 1 saturated heterocycles. The Hall–Kier alpha value is -1.83. The first-order valence-electron chi connectivity index (χ1n) is 8.30. The first-order chi connectivity index (χ1) is 11.1. The monoisotopic (exact) mass is 309 g/mol. The first kappa shape index (κ1) is 14.7. The molecule has 4 rings (SSSR count). The van der Waals surface area contributed by atoms with Crippen molar-refractivity contribution in [2.24, 2.45) is 13.0 Å². The van der Waals surface area contributed by atoms with Gasteiger partial charge in [-0.1, -0.05) is 12.1 Å². The minimum atomic E-state index is -0.303. The van der Waals surface area contributed by atoms with E-state index in [1.54, 1.807) is 0 Å². The van der Waals surface area contributed by atoms with Gasteiger partial charge in [0.05, 0.1) is 6.07 Å². The molecule has 0 unspecified atom stereocenters. The summed E-state index contributed by atoms with van der Waals surface area (Å²) in [6.07, 6.45) is 4.81. The number of likely N-dealkylation sites (tertiary alicyclic amines) is 1. The maximum absolute atomic E-state index is 9.16. The number of rotatable bonds is 2. The number of fused-ring (bicyclic) bond motifs is 2. The summed E-state index contributed by atoms with van der Waals surface area (Å²) < 4.78 is 8.45. The zero-order valence-corrected chi connectivity index (χ0v) is 14.0. The lowest BCUT2D eigenvalue weighted by atomic mass is 9.68. The highest BCUT2D eigenvalue weighted by Crippen LogP contribution is 2.49. The van der Waals surface area contributed by atoms with E-state index in [4.69, 9.17) is 10.00 Å². The number of piperidine rings is 1. The molecule has 1 aromatic carbocycles. The maximum Gasteiger partial charge on any atom is 0.109 e. The van der Waals surface area contributed by atoms with Crippen molar-refractivity contribution in [1.82, 2.24) is 9.47 Å². The van der Waals surface area contributed by atoms with Gasteiger partial charge in [-0.2, -0.15) is 5.26 Å². The van der Waals surface area contributed by atoms with Crippen molar-refractivity contribution in [3.05, 3.63) is 35.5 Å². The van der Waals surface area contributed by atoms with Crippen LogP contribution in [0, 0.1) is 17.2 Å². The molecule has 0 spiro atoms. The lowest BCUT2D eigenvalue weighted by Crippen LogP contribution is -2.59. The number of nitriles is 1. The van der Waals surface area contributed by atoms with E-state index < -0.39 is 0 Å². The highest BCUT2D eigenvalue weighted by molar-refractivity contribution is 5.89. The molecule has 0 bridgehead atoms. The second-order valence-electron chi connectivity index (χ2n) is 7.15. The number of likely N-dealkylation sites (N-methyl/N-ethyl adjacent to an activating group) is 1. The van der Waals surface area contributed by atoms with Crippen LogP contribution in [0.25, 0.3) is 10.9 Å².